The Bertz CT molecular complexity index is 1040. The minimum atomic E-state index is -4.45. The lowest BCUT2D eigenvalue weighted by atomic mass is 9.91. The van der Waals surface area contributed by atoms with Crippen LogP contribution in [0, 0.1) is 0 Å². The van der Waals surface area contributed by atoms with Gasteiger partial charge in [-0.3, -0.25) is 14.5 Å². The van der Waals surface area contributed by atoms with E-state index in [1.54, 1.807) is 0 Å². The quantitative estimate of drug-likeness (QED) is 0.504. The van der Waals surface area contributed by atoms with Gasteiger partial charge in [-0.2, -0.15) is 18.2 Å². The fraction of sp³-hybridized carbons (Fsp3) is 0.565. The molecule has 0 radical (unpaired) electrons. The van der Waals surface area contributed by atoms with Gasteiger partial charge < -0.3 is 15.7 Å². The van der Waals surface area contributed by atoms with Gasteiger partial charge in [-0.05, 0) is 31.0 Å². The highest BCUT2D eigenvalue weighted by atomic mass is 19.4. The molecule has 0 unspecified atom stereocenters. The van der Waals surface area contributed by atoms with Crippen LogP contribution in [0.1, 0.15) is 37.7 Å². The largest absolute Gasteiger partial charge is 0.463 e. The van der Waals surface area contributed by atoms with E-state index in [0.29, 0.717) is 16.6 Å². The van der Waals surface area contributed by atoms with Crippen molar-refractivity contribution >= 4 is 28.7 Å². The number of halogens is 3. The van der Waals surface area contributed by atoms with Gasteiger partial charge in [-0.25, -0.2) is 14.8 Å². The van der Waals surface area contributed by atoms with Crippen molar-refractivity contribution in [2.24, 2.45) is 0 Å². The Hall–Kier alpha value is -3.19. The van der Waals surface area contributed by atoms with Gasteiger partial charge in [0.25, 0.3) is 0 Å². The summed E-state index contributed by atoms with van der Waals surface area (Å²) in [5, 5.41) is 14.8. The number of nitrogens with one attached hydrogen (secondary N) is 2. The van der Waals surface area contributed by atoms with E-state index in [9.17, 15) is 22.8 Å². The fourth-order valence-corrected chi connectivity index (χ4v) is 4.24. The van der Waals surface area contributed by atoms with Crippen molar-refractivity contribution in [3.8, 4) is 0 Å². The third-order valence-corrected chi connectivity index (χ3v) is 6.29. The summed E-state index contributed by atoms with van der Waals surface area (Å²) in [6, 6.07) is 4.07. The predicted octanol–water partition coefficient (Wildman–Crippen LogP) is 3.35. The highest BCUT2D eigenvalue weighted by molar-refractivity contribution is 5.91. The zero-order valence-electron chi connectivity index (χ0n) is 20.2. The second kappa shape index (κ2) is 12.2. The number of rotatable bonds is 6. The first-order valence-corrected chi connectivity index (χ1v) is 11.7. The molecule has 1 saturated carbocycles. The number of amides is 2. The van der Waals surface area contributed by atoms with Crippen LogP contribution in [0.3, 0.4) is 0 Å². The number of nitrogens with zero attached hydrogens (tertiary/aromatic N) is 4. The van der Waals surface area contributed by atoms with E-state index in [2.05, 4.69) is 30.3 Å². The topological polar surface area (TPSA) is 120 Å². The van der Waals surface area contributed by atoms with Crippen LogP contribution in [-0.2, 0) is 15.8 Å². The molecule has 3 N–H and O–H groups in total. The normalized spacial score (nSPS) is 17.0. The number of hydrogen-bond donors (Lipinski definition) is 3. The van der Waals surface area contributed by atoms with Crippen LogP contribution in [0.4, 0.5) is 23.8 Å². The van der Waals surface area contributed by atoms with E-state index in [1.165, 1.54) is 58.7 Å². The van der Waals surface area contributed by atoms with E-state index in [1.807, 2.05) is 0 Å². The van der Waals surface area contributed by atoms with Crippen LogP contribution in [-0.4, -0.2) is 82.9 Å². The van der Waals surface area contributed by atoms with Crippen molar-refractivity contribution in [2.75, 3.05) is 39.1 Å². The number of alkyl halides is 3. The average molecular weight is 513 g/mol. The number of carboxylic acid groups (broad SMARTS) is 1. The first kappa shape index (κ1) is 27.4. The summed E-state index contributed by atoms with van der Waals surface area (Å²) in [5.41, 5.74) is -0.386. The molecule has 10 nitrogen and oxygen atoms in total. The molecule has 198 valence electrons. The molecule has 1 aliphatic heterocycles. The van der Waals surface area contributed by atoms with Gasteiger partial charge >= 0.3 is 12.3 Å². The molecule has 0 atom stereocenters. The molecule has 1 aromatic heterocycles. The lowest BCUT2D eigenvalue weighted by Gasteiger charge is -2.45. The highest BCUT2D eigenvalue weighted by Crippen LogP contribution is 2.32. The van der Waals surface area contributed by atoms with Gasteiger partial charge in [0.05, 0.1) is 30.8 Å². The molecule has 2 heterocycles. The van der Waals surface area contributed by atoms with Crippen molar-refractivity contribution in [2.45, 2.75) is 50.4 Å². The molecular weight excluding hydrogens is 481 g/mol. The number of carbonyl (C=O) groups excluding carboxylic acids is 1. The van der Waals surface area contributed by atoms with Crippen molar-refractivity contribution in [1.29, 1.82) is 0 Å². The number of carbonyl (C=O) groups is 2. The van der Waals surface area contributed by atoms with Crippen LogP contribution >= 0.6 is 0 Å². The Kier molecular flexibility index (Phi) is 9.26. The van der Waals surface area contributed by atoms with Crippen LogP contribution in [0.5, 0.6) is 0 Å². The van der Waals surface area contributed by atoms with Crippen LogP contribution in [0.15, 0.2) is 24.5 Å². The lowest BCUT2D eigenvalue weighted by molar-refractivity contribution is -0.137. The van der Waals surface area contributed by atoms with Crippen LogP contribution in [0.2, 0.25) is 0 Å². The number of aromatic nitrogens is 2. The van der Waals surface area contributed by atoms with Crippen LogP contribution in [0.25, 0.3) is 10.9 Å². The molecule has 2 aromatic rings. The molecule has 0 bridgehead atoms. The molecule has 2 amide bonds. The monoisotopic (exact) mass is 512 g/mol. The van der Waals surface area contributed by atoms with E-state index < -0.39 is 17.8 Å². The average Bonchev–Trinajstić information content (AvgIpc) is 2.84. The number of benzene rings is 1. The molecule has 36 heavy (non-hydrogen) atoms. The third kappa shape index (κ3) is 7.40. The zero-order chi connectivity index (χ0) is 26.3. The Morgan fingerprint density at radius 1 is 1.19 bits per heavy atom. The Morgan fingerprint density at radius 2 is 1.89 bits per heavy atom. The number of anilines is 1. The minimum Gasteiger partial charge on any atom is -0.463 e. The summed E-state index contributed by atoms with van der Waals surface area (Å²) in [4.78, 5) is 36.7. The number of likely N-dealkylation sites (tertiary alicyclic amines) is 1. The first-order valence-electron chi connectivity index (χ1n) is 11.7. The zero-order valence-corrected chi connectivity index (χ0v) is 20.2. The summed E-state index contributed by atoms with van der Waals surface area (Å²) >= 11 is 0. The summed E-state index contributed by atoms with van der Waals surface area (Å²) < 4.78 is 39.0. The molecule has 2 aliphatic rings. The second-order valence-electron chi connectivity index (χ2n) is 8.78. The van der Waals surface area contributed by atoms with E-state index in [0.717, 1.165) is 25.2 Å². The molecule has 1 aromatic carbocycles. The molecular formula is C23H31F3N6O4. The maximum atomic E-state index is 13.0. The molecule has 1 saturated heterocycles. The maximum absolute atomic E-state index is 13.0. The van der Waals surface area contributed by atoms with E-state index in [4.69, 9.17) is 5.11 Å². The number of fused-ring (bicyclic) bond motifs is 1. The fourth-order valence-electron chi connectivity index (χ4n) is 4.24. The van der Waals surface area contributed by atoms with E-state index in [-0.39, 0.29) is 29.7 Å². The summed E-state index contributed by atoms with van der Waals surface area (Å²) in [7, 11) is 2.59. The van der Waals surface area contributed by atoms with Gasteiger partial charge in [-0.15, -0.1) is 0 Å². The Labute approximate surface area is 206 Å². The summed E-state index contributed by atoms with van der Waals surface area (Å²) in [6.45, 7) is 1.67. The van der Waals surface area contributed by atoms with Crippen molar-refractivity contribution in [3.63, 3.8) is 0 Å². The number of hydroxylamine groups is 2. The van der Waals surface area contributed by atoms with Gasteiger partial charge in [0.15, 0.2) is 0 Å². The van der Waals surface area contributed by atoms with Crippen molar-refractivity contribution < 1.29 is 32.7 Å². The minimum absolute atomic E-state index is 0.0533. The third-order valence-electron chi connectivity index (χ3n) is 6.29. The van der Waals surface area contributed by atoms with Gasteiger partial charge in [0, 0.05) is 31.6 Å². The predicted molar refractivity (Wildman–Crippen MR) is 126 cm³/mol. The summed E-state index contributed by atoms with van der Waals surface area (Å²) in [6.07, 6.45) is 2.08. The maximum Gasteiger partial charge on any atom is 0.431 e. The molecule has 0 spiro atoms. The van der Waals surface area contributed by atoms with Gasteiger partial charge in [0.1, 0.15) is 12.1 Å². The first-order chi connectivity index (χ1) is 17.1. The van der Waals surface area contributed by atoms with Crippen molar-refractivity contribution in [1.82, 2.24) is 25.2 Å². The smallest absolute Gasteiger partial charge is 0.431 e. The standard InChI is InChI=1S/C20H24F3N5O.C3H7NO3/c21-20(22,23)13-6-7-17-16(8-13)19(26-12-25-17)24-9-18(29)27-14-10-28(11-14)15-4-2-1-3-5-15;1-4(7-2)3(5)6/h6-8,12,14-15H,1-5,9-11H2,(H,27,29)(H,24,25,26);1-2H3,(H,5,6). The SMILES string of the molecule is CON(C)C(=O)O.O=C(CNc1ncnc2ccc(C(F)(F)F)cc12)NC1CN(C2CCCCC2)C1. The molecule has 13 heteroatoms. The van der Waals surface area contributed by atoms with Gasteiger partial charge in [0.2, 0.25) is 5.91 Å². The van der Waals surface area contributed by atoms with Crippen LogP contribution < -0.4 is 10.6 Å². The van der Waals surface area contributed by atoms with Crippen molar-refractivity contribution in [3.05, 3.63) is 30.1 Å². The lowest BCUT2D eigenvalue weighted by Crippen LogP contribution is -2.62. The molecule has 1 aliphatic carbocycles. The summed E-state index contributed by atoms with van der Waals surface area (Å²) in [5.74, 6) is 0.0192. The number of hydrogen-bond acceptors (Lipinski definition) is 7. The van der Waals surface area contributed by atoms with Gasteiger partial charge in [-0.1, -0.05) is 19.3 Å². The second-order valence-corrected chi connectivity index (χ2v) is 8.78. The van der Waals surface area contributed by atoms with E-state index >= 15 is 0 Å². The Morgan fingerprint density at radius 3 is 2.47 bits per heavy atom. The molecule has 4 rings (SSSR count). The molecule has 2 fully saturated rings. The highest BCUT2D eigenvalue weighted by Gasteiger charge is 2.33. The Balaban J connectivity index is 0.000000454.